The summed E-state index contributed by atoms with van der Waals surface area (Å²) < 4.78 is 0. The highest BCUT2D eigenvalue weighted by Gasteiger charge is 2.41. The Morgan fingerprint density at radius 3 is 2.40 bits per heavy atom. The third kappa shape index (κ3) is 2.49. The van der Waals surface area contributed by atoms with Gasteiger partial charge < -0.3 is 10.4 Å². The summed E-state index contributed by atoms with van der Waals surface area (Å²) >= 11 is 0. The molecule has 0 aromatic rings. The fourth-order valence-electron chi connectivity index (χ4n) is 2.46. The Kier molecular flexibility index (Phi) is 4.54. The van der Waals surface area contributed by atoms with E-state index in [4.69, 9.17) is 0 Å². The van der Waals surface area contributed by atoms with Crippen molar-refractivity contribution in [1.82, 2.24) is 10.2 Å². The molecule has 15 heavy (non-hydrogen) atoms. The van der Waals surface area contributed by atoms with Gasteiger partial charge in [-0.2, -0.15) is 0 Å². The summed E-state index contributed by atoms with van der Waals surface area (Å²) in [5.41, 5.74) is -0.628. The minimum absolute atomic E-state index is 0.628. The first-order valence-corrected chi connectivity index (χ1v) is 5.86. The van der Waals surface area contributed by atoms with Crippen LogP contribution in [0.2, 0.25) is 0 Å². The van der Waals surface area contributed by atoms with Crippen LogP contribution in [0.5, 0.6) is 0 Å². The fraction of sp³-hybridized carbons (Fsp3) is 0.909. The average molecular weight is 214 g/mol. The normalized spacial score (nSPS) is 22.3. The Hall–Kier alpha value is -0.610. The Morgan fingerprint density at radius 1 is 1.40 bits per heavy atom. The van der Waals surface area contributed by atoms with Crippen molar-refractivity contribution < 1.29 is 9.90 Å². The summed E-state index contributed by atoms with van der Waals surface area (Å²) in [6.45, 7) is 7.53. The van der Waals surface area contributed by atoms with Crippen LogP contribution in [0, 0.1) is 0 Å². The Labute approximate surface area is 91.6 Å². The number of aliphatic carboxylic acids is 1. The van der Waals surface area contributed by atoms with Crippen molar-refractivity contribution in [3.05, 3.63) is 0 Å². The number of nitrogens with zero attached hydrogens (tertiary/aromatic N) is 1. The summed E-state index contributed by atoms with van der Waals surface area (Å²) in [6, 6.07) is 0. The minimum atomic E-state index is -0.659. The molecule has 1 unspecified atom stereocenters. The molecule has 1 fully saturated rings. The summed E-state index contributed by atoms with van der Waals surface area (Å²) in [4.78, 5) is 13.6. The third-order valence-electron chi connectivity index (χ3n) is 3.37. The summed E-state index contributed by atoms with van der Waals surface area (Å²) in [5, 5.41) is 12.7. The lowest BCUT2D eigenvalue weighted by Crippen LogP contribution is -2.59. The number of carboxylic acids is 1. The Balaban J connectivity index is 2.80. The second-order valence-electron chi connectivity index (χ2n) is 4.18. The van der Waals surface area contributed by atoms with Gasteiger partial charge in [-0.25, -0.2) is 0 Å². The van der Waals surface area contributed by atoms with E-state index in [1.165, 1.54) is 0 Å². The van der Waals surface area contributed by atoms with Gasteiger partial charge in [0.25, 0.3) is 0 Å². The van der Waals surface area contributed by atoms with Crippen LogP contribution in [0.15, 0.2) is 0 Å². The number of hydrogen-bond acceptors (Lipinski definition) is 3. The van der Waals surface area contributed by atoms with Gasteiger partial charge in [-0.1, -0.05) is 20.3 Å². The van der Waals surface area contributed by atoms with E-state index in [2.05, 4.69) is 17.1 Å². The van der Waals surface area contributed by atoms with Gasteiger partial charge in [0.15, 0.2) is 0 Å². The average Bonchev–Trinajstić information content (AvgIpc) is 2.26. The van der Waals surface area contributed by atoms with E-state index in [1.807, 2.05) is 6.92 Å². The van der Waals surface area contributed by atoms with Crippen LogP contribution in [0.25, 0.3) is 0 Å². The maximum atomic E-state index is 11.5. The lowest BCUT2D eigenvalue weighted by Gasteiger charge is -2.42. The monoisotopic (exact) mass is 214 g/mol. The molecule has 1 aliphatic rings. The maximum absolute atomic E-state index is 11.5. The Bertz CT molecular complexity index is 215. The zero-order valence-electron chi connectivity index (χ0n) is 9.75. The fourth-order valence-corrected chi connectivity index (χ4v) is 2.46. The molecule has 1 heterocycles. The van der Waals surface area contributed by atoms with Crippen LogP contribution in [0.3, 0.4) is 0 Å². The molecule has 2 N–H and O–H groups in total. The van der Waals surface area contributed by atoms with E-state index in [0.717, 1.165) is 39.0 Å². The highest BCUT2D eigenvalue weighted by Crippen LogP contribution is 2.26. The van der Waals surface area contributed by atoms with Crippen LogP contribution in [-0.4, -0.2) is 47.7 Å². The van der Waals surface area contributed by atoms with Gasteiger partial charge >= 0.3 is 5.97 Å². The van der Waals surface area contributed by atoms with Crippen molar-refractivity contribution in [2.75, 3.05) is 26.2 Å². The molecule has 0 bridgehead atoms. The molecule has 4 heteroatoms. The molecule has 88 valence electrons. The second kappa shape index (κ2) is 5.47. The quantitative estimate of drug-likeness (QED) is 0.714. The van der Waals surface area contributed by atoms with Crippen molar-refractivity contribution in [2.24, 2.45) is 0 Å². The predicted molar refractivity (Wildman–Crippen MR) is 60.0 cm³/mol. The van der Waals surface area contributed by atoms with Gasteiger partial charge in [0, 0.05) is 26.2 Å². The summed E-state index contributed by atoms with van der Waals surface area (Å²) in [7, 11) is 0. The standard InChI is InChI=1S/C11H22N2O2/c1-3-5-11(4-2,10(14)15)13-8-6-12-7-9-13/h12H,3-9H2,1-2H3,(H,14,15). The van der Waals surface area contributed by atoms with Crippen LogP contribution >= 0.6 is 0 Å². The molecule has 1 aliphatic heterocycles. The molecule has 0 aromatic heterocycles. The topological polar surface area (TPSA) is 52.6 Å². The van der Waals surface area contributed by atoms with Crippen molar-refractivity contribution in [1.29, 1.82) is 0 Å². The molecule has 1 saturated heterocycles. The van der Waals surface area contributed by atoms with Crippen molar-refractivity contribution in [2.45, 2.75) is 38.6 Å². The van der Waals surface area contributed by atoms with Crippen LogP contribution in [-0.2, 0) is 4.79 Å². The van der Waals surface area contributed by atoms with Gasteiger partial charge in [0.2, 0.25) is 0 Å². The molecular weight excluding hydrogens is 192 g/mol. The van der Waals surface area contributed by atoms with Crippen LogP contribution < -0.4 is 5.32 Å². The highest BCUT2D eigenvalue weighted by atomic mass is 16.4. The van der Waals surface area contributed by atoms with E-state index in [9.17, 15) is 9.90 Å². The van der Waals surface area contributed by atoms with Crippen molar-refractivity contribution >= 4 is 5.97 Å². The predicted octanol–water partition coefficient (Wildman–Crippen LogP) is 0.925. The third-order valence-corrected chi connectivity index (χ3v) is 3.37. The van der Waals surface area contributed by atoms with Gasteiger partial charge in [-0.05, 0) is 12.8 Å². The first-order valence-electron chi connectivity index (χ1n) is 5.86. The zero-order valence-corrected chi connectivity index (χ0v) is 9.75. The smallest absolute Gasteiger partial charge is 0.324 e. The van der Waals surface area contributed by atoms with Crippen molar-refractivity contribution in [3.63, 3.8) is 0 Å². The minimum Gasteiger partial charge on any atom is -0.480 e. The van der Waals surface area contributed by atoms with Crippen LogP contribution in [0.4, 0.5) is 0 Å². The van der Waals surface area contributed by atoms with E-state index in [-0.39, 0.29) is 0 Å². The van der Waals surface area contributed by atoms with E-state index in [0.29, 0.717) is 6.42 Å². The van der Waals surface area contributed by atoms with E-state index >= 15 is 0 Å². The zero-order chi connectivity index (χ0) is 11.3. The first-order chi connectivity index (χ1) is 7.17. The molecular formula is C11H22N2O2. The lowest BCUT2D eigenvalue weighted by molar-refractivity contribution is -0.153. The van der Waals surface area contributed by atoms with E-state index in [1.54, 1.807) is 0 Å². The van der Waals surface area contributed by atoms with Gasteiger partial charge in [0.05, 0.1) is 0 Å². The number of nitrogens with one attached hydrogen (secondary N) is 1. The van der Waals surface area contributed by atoms with Crippen molar-refractivity contribution in [3.8, 4) is 0 Å². The maximum Gasteiger partial charge on any atom is 0.324 e. The molecule has 0 radical (unpaired) electrons. The summed E-state index contributed by atoms with van der Waals surface area (Å²) in [5.74, 6) is -0.659. The summed E-state index contributed by atoms with van der Waals surface area (Å²) in [6.07, 6.45) is 2.36. The van der Waals surface area contributed by atoms with Crippen LogP contribution in [0.1, 0.15) is 33.1 Å². The number of carbonyl (C=O) groups is 1. The SMILES string of the molecule is CCCC(CC)(C(=O)O)N1CCNCC1. The molecule has 0 saturated carbocycles. The number of hydrogen-bond donors (Lipinski definition) is 2. The molecule has 0 aromatic carbocycles. The molecule has 1 atom stereocenters. The highest BCUT2D eigenvalue weighted by molar-refractivity contribution is 5.78. The van der Waals surface area contributed by atoms with Gasteiger partial charge in [-0.15, -0.1) is 0 Å². The number of piperazine rings is 1. The largest absolute Gasteiger partial charge is 0.480 e. The van der Waals surface area contributed by atoms with Gasteiger partial charge in [-0.3, -0.25) is 9.69 Å². The molecule has 0 aliphatic carbocycles. The molecule has 1 rings (SSSR count). The van der Waals surface area contributed by atoms with E-state index < -0.39 is 11.5 Å². The second-order valence-corrected chi connectivity index (χ2v) is 4.18. The number of carboxylic acid groups (broad SMARTS) is 1. The molecule has 0 spiro atoms. The Morgan fingerprint density at radius 2 is 2.00 bits per heavy atom. The first kappa shape index (κ1) is 12.5. The number of rotatable bonds is 5. The lowest BCUT2D eigenvalue weighted by atomic mass is 9.88. The van der Waals surface area contributed by atoms with Gasteiger partial charge in [0.1, 0.15) is 5.54 Å². The molecule has 0 amide bonds. The molecule has 4 nitrogen and oxygen atoms in total.